The van der Waals surface area contributed by atoms with Gasteiger partial charge in [-0.1, -0.05) is 80.6 Å². The summed E-state index contributed by atoms with van der Waals surface area (Å²) in [6.07, 6.45) is 1.82. The minimum Gasteiger partial charge on any atom is -0.507 e. The van der Waals surface area contributed by atoms with Gasteiger partial charge >= 0.3 is 0 Å². The van der Waals surface area contributed by atoms with E-state index >= 15 is 0 Å². The van der Waals surface area contributed by atoms with Crippen LogP contribution in [-0.2, 0) is 5.41 Å². The number of hydrogen-bond acceptors (Lipinski definition) is 4. The Morgan fingerprint density at radius 3 is 2.19 bits per heavy atom. The van der Waals surface area contributed by atoms with E-state index in [-0.39, 0.29) is 11.2 Å². The molecule has 4 nitrogen and oxygen atoms in total. The van der Waals surface area contributed by atoms with Crippen LogP contribution in [0.15, 0.2) is 120 Å². The predicted molar refractivity (Wildman–Crippen MR) is 148 cm³/mol. The first-order chi connectivity index (χ1) is 18.0. The van der Waals surface area contributed by atoms with Crippen molar-refractivity contribution in [3.63, 3.8) is 0 Å². The van der Waals surface area contributed by atoms with Gasteiger partial charge in [0.05, 0.1) is 11.3 Å². The standard InChI is InChI=1S/C33H26N2O2/c1-33(2,24-11-4-3-5-12-24)25-20-22(19-23(21-25)28-15-8-9-18-34-28)26-14-10-17-30-31(26)35-32(37-30)27-13-6-7-16-29(27)36/h3-21,36H,1-2H3. The average Bonchev–Trinajstić information content (AvgIpc) is 3.38. The van der Waals surface area contributed by atoms with E-state index in [1.807, 2.05) is 54.7 Å². The zero-order valence-corrected chi connectivity index (χ0v) is 20.7. The van der Waals surface area contributed by atoms with E-state index in [2.05, 4.69) is 67.4 Å². The Balaban J connectivity index is 1.57. The van der Waals surface area contributed by atoms with Crippen molar-refractivity contribution in [2.75, 3.05) is 0 Å². The van der Waals surface area contributed by atoms with Crippen LogP contribution >= 0.6 is 0 Å². The number of oxazole rings is 1. The van der Waals surface area contributed by atoms with Gasteiger partial charge in [-0.15, -0.1) is 0 Å². The minimum absolute atomic E-state index is 0.139. The molecule has 1 N–H and O–H groups in total. The van der Waals surface area contributed by atoms with Crippen LogP contribution in [0, 0.1) is 0 Å². The summed E-state index contributed by atoms with van der Waals surface area (Å²) >= 11 is 0. The Bertz CT molecular complexity index is 1700. The SMILES string of the molecule is CC(C)(c1ccccc1)c1cc(-c2ccccn2)cc(-c2cccc3oc(-c4ccccc4O)nc23)c1. The molecule has 180 valence electrons. The third-order valence-electron chi connectivity index (χ3n) is 6.98. The van der Waals surface area contributed by atoms with Gasteiger partial charge in [-0.05, 0) is 59.2 Å². The van der Waals surface area contributed by atoms with Gasteiger partial charge in [0.2, 0.25) is 5.89 Å². The summed E-state index contributed by atoms with van der Waals surface area (Å²) in [5.74, 6) is 0.533. The maximum atomic E-state index is 10.4. The fraction of sp³-hybridized carbons (Fsp3) is 0.0909. The molecule has 0 unspecified atom stereocenters. The van der Waals surface area contributed by atoms with E-state index in [0.29, 0.717) is 17.0 Å². The highest BCUT2D eigenvalue weighted by Crippen LogP contribution is 2.39. The van der Waals surface area contributed by atoms with Gasteiger partial charge in [0.15, 0.2) is 5.58 Å². The number of hydrogen-bond donors (Lipinski definition) is 1. The molecular weight excluding hydrogens is 456 g/mol. The fourth-order valence-corrected chi connectivity index (χ4v) is 4.80. The zero-order valence-electron chi connectivity index (χ0n) is 20.7. The second-order valence-electron chi connectivity index (χ2n) is 9.69. The molecule has 0 radical (unpaired) electrons. The summed E-state index contributed by atoms with van der Waals surface area (Å²) < 4.78 is 6.10. The molecular formula is C33H26N2O2. The van der Waals surface area contributed by atoms with E-state index in [1.165, 1.54) is 11.1 Å². The first kappa shape index (κ1) is 22.7. The first-order valence-corrected chi connectivity index (χ1v) is 12.3. The number of phenols is 1. The summed E-state index contributed by atoms with van der Waals surface area (Å²) in [5, 5.41) is 10.4. The number of rotatable bonds is 5. The molecule has 0 spiro atoms. The van der Waals surface area contributed by atoms with Crippen LogP contribution in [0.25, 0.3) is 44.9 Å². The number of aromatic nitrogens is 2. The van der Waals surface area contributed by atoms with Crippen molar-refractivity contribution in [1.82, 2.24) is 9.97 Å². The molecule has 0 aliphatic heterocycles. The molecule has 0 saturated carbocycles. The van der Waals surface area contributed by atoms with E-state index < -0.39 is 0 Å². The first-order valence-electron chi connectivity index (χ1n) is 12.3. The fourth-order valence-electron chi connectivity index (χ4n) is 4.80. The van der Waals surface area contributed by atoms with Gasteiger partial charge in [-0.2, -0.15) is 0 Å². The minimum atomic E-state index is -0.237. The van der Waals surface area contributed by atoms with Crippen molar-refractivity contribution in [1.29, 1.82) is 0 Å². The van der Waals surface area contributed by atoms with Crippen molar-refractivity contribution in [2.24, 2.45) is 0 Å². The van der Waals surface area contributed by atoms with Gasteiger partial charge < -0.3 is 9.52 Å². The molecule has 0 aliphatic carbocycles. The average molecular weight is 483 g/mol. The van der Waals surface area contributed by atoms with Gasteiger partial charge in [0.1, 0.15) is 11.3 Å². The lowest BCUT2D eigenvalue weighted by atomic mass is 9.76. The highest BCUT2D eigenvalue weighted by atomic mass is 16.3. The van der Waals surface area contributed by atoms with Crippen molar-refractivity contribution < 1.29 is 9.52 Å². The Hall–Kier alpha value is -4.70. The van der Waals surface area contributed by atoms with Crippen molar-refractivity contribution in [3.8, 4) is 39.6 Å². The normalized spacial score (nSPS) is 11.6. The Morgan fingerprint density at radius 2 is 1.41 bits per heavy atom. The highest BCUT2D eigenvalue weighted by molar-refractivity contribution is 5.93. The molecule has 4 heteroatoms. The molecule has 37 heavy (non-hydrogen) atoms. The number of nitrogens with zero attached hydrogens (tertiary/aromatic N) is 2. The maximum absolute atomic E-state index is 10.4. The third-order valence-corrected chi connectivity index (χ3v) is 6.98. The van der Waals surface area contributed by atoms with Crippen molar-refractivity contribution in [2.45, 2.75) is 19.3 Å². The topological polar surface area (TPSA) is 59.2 Å². The molecule has 0 bridgehead atoms. The summed E-state index contributed by atoms with van der Waals surface area (Å²) in [5.41, 5.74) is 8.12. The number of phenolic OH excluding ortho intramolecular Hbond substituents is 1. The van der Waals surface area contributed by atoms with Crippen LogP contribution in [-0.4, -0.2) is 15.1 Å². The lowest BCUT2D eigenvalue weighted by Gasteiger charge is -2.27. The number of pyridine rings is 1. The Labute approximate surface area is 215 Å². The van der Waals surface area contributed by atoms with Crippen molar-refractivity contribution in [3.05, 3.63) is 127 Å². The molecule has 0 saturated heterocycles. The molecule has 2 heterocycles. The maximum Gasteiger partial charge on any atom is 0.231 e. The number of para-hydroxylation sites is 2. The quantitative estimate of drug-likeness (QED) is 0.269. The van der Waals surface area contributed by atoms with E-state index in [4.69, 9.17) is 9.40 Å². The number of benzene rings is 4. The van der Waals surface area contributed by atoms with Gasteiger partial charge in [-0.25, -0.2) is 4.98 Å². The van der Waals surface area contributed by atoms with Crippen LogP contribution in [0.4, 0.5) is 0 Å². The monoisotopic (exact) mass is 482 g/mol. The van der Waals surface area contributed by atoms with E-state index in [0.717, 1.165) is 27.9 Å². The lowest BCUT2D eigenvalue weighted by molar-refractivity contribution is 0.474. The summed E-state index contributed by atoms with van der Waals surface area (Å²) in [7, 11) is 0. The number of fused-ring (bicyclic) bond motifs is 1. The van der Waals surface area contributed by atoms with Crippen LogP contribution < -0.4 is 0 Å². The third kappa shape index (κ3) is 4.17. The van der Waals surface area contributed by atoms with Crippen LogP contribution in [0.1, 0.15) is 25.0 Å². The lowest BCUT2D eigenvalue weighted by Crippen LogP contribution is -2.19. The Kier molecular flexibility index (Phi) is 5.57. The van der Waals surface area contributed by atoms with Gasteiger partial charge in [0.25, 0.3) is 0 Å². The molecule has 0 atom stereocenters. The molecule has 0 aliphatic rings. The Morgan fingerprint density at radius 1 is 0.676 bits per heavy atom. The molecule has 2 aromatic heterocycles. The van der Waals surface area contributed by atoms with E-state index in [9.17, 15) is 5.11 Å². The molecule has 0 amide bonds. The summed E-state index contributed by atoms with van der Waals surface area (Å²) in [4.78, 5) is 9.46. The highest BCUT2D eigenvalue weighted by Gasteiger charge is 2.25. The molecule has 6 rings (SSSR count). The largest absolute Gasteiger partial charge is 0.507 e. The summed E-state index contributed by atoms with van der Waals surface area (Å²) in [6.45, 7) is 4.49. The second kappa shape index (κ2) is 9.07. The van der Waals surface area contributed by atoms with Crippen molar-refractivity contribution >= 4 is 11.1 Å². The van der Waals surface area contributed by atoms with Crippen LogP contribution in [0.5, 0.6) is 5.75 Å². The summed E-state index contributed by atoms with van der Waals surface area (Å²) in [6, 6.07) is 36.2. The predicted octanol–water partition coefficient (Wildman–Crippen LogP) is 8.26. The molecule has 6 aromatic rings. The van der Waals surface area contributed by atoms with Crippen LogP contribution in [0.2, 0.25) is 0 Å². The van der Waals surface area contributed by atoms with E-state index in [1.54, 1.807) is 12.1 Å². The van der Waals surface area contributed by atoms with Crippen LogP contribution in [0.3, 0.4) is 0 Å². The number of aromatic hydroxyl groups is 1. The molecule has 4 aromatic carbocycles. The van der Waals surface area contributed by atoms with Gasteiger partial charge in [0, 0.05) is 22.7 Å². The smallest absolute Gasteiger partial charge is 0.231 e. The second-order valence-corrected chi connectivity index (χ2v) is 9.69. The van der Waals surface area contributed by atoms with Gasteiger partial charge in [-0.3, -0.25) is 4.98 Å². The zero-order chi connectivity index (χ0) is 25.4. The molecule has 0 fully saturated rings.